The van der Waals surface area contributed by atoms with E-state index in [4.69, 9.17) is 0 Å². The SMILES string of the molecule is CN1CCCN(c2ccc(C(=O)Nc3cccc(-c4ccc5cnccc5n4)c3)c(F)c2)S1(=O)=O. The standard InChI is InChI=1S/C25H22FN5O3S/c1-30-12-3-13-31(35(30,33)34)20-7-8-21(22(26)15-20)25(32)28-19-5-2-4-17(14-19)23-9-6-18-16-27-11-10-24(18)29-23/h2,4-11,14-16H,3,12-13H2,1H3,(H,28,32). The summed E-state index contributed by atoms with van der Waals surface area (Å²) in [5.41, 5.74) is 2.80. The number of carbonyl (C=O) groups is 1. The van der Waals surface area contributed by atoms with E-state index in [1.54, 1.807) is 30.6 Å². The molecule has 3 heterocycles. The molecule has 1 saturated heterocycles. The fourth-order valence-electron chi connectivity index (χ4n) is 4.02. The van der Waals surface area contributed by atoms with Gasteiger partial charge in [-0.15, -0.1) is 0 Å². The first-order valence-corrected chi connectivity index (χ1v) is 12.4. The number of fused-ring (bicyclic) bond motifs is 1. The molecule has 0 radical (unpaired) electrons. The lowest BCUT2D eigenvalue weighted by atomic mass is 10.1. The summed E-state index contributed by atoms with van der Waals surface area (Å²) in [6.07, 6.45) is 4.04. The maximum absolute atomic E-state index is 14.9. The minimum atomic E-state index is -3.71. The van der Waals surface area contributed by atoms with Crippen molar-refractivity contribution in [1.82, 2.24) is 14.3 Å². The molecule has 1 fully saturated rings. The van der Waals surface area contributed by atoms with Crippen molar-refractivity contribution in [2.24, 2.45) is 0 Å². The molecule has 35 heavy (non-hydrogen) atoms. The number of hydrogen-bond donors (Lipinski definition) is 1. The van der Waals surface area contributed by atoms with Crippen molar-refractivity contribution < 1.29 is 17.6 Å². The Labute approximate surface area is 202 Å². The zero-order valence-electron chi connectivity index (χ0n) is 18.8. The third kappa shape index (κ3) is 4.45. The van der Waals surface area contributed by atoms with E-state index in [0.717, 1.165) is 32.5 Å². The summed E-state index contributed by atoms with van der Waals surface area (Å²) < 4.78 is 42.4. The van der Waals surface area contributed by atoms with Crippen LogP contribution in [0.4, 0.5) is 15.8 Å². The van der Waals surface area contributed by atoms with Crippen LogP contribution in [0.3, 0.4) is 0 Å². The van der Waals surface area contributed by atoms with Gasteiger partial charge in [0.25, 0.3) is 5.91 Å². The maximum atomic E-state index is 14.9. The van der Waals surface area contributed by atoms with E-state index >= 15 is 0 Å². The fraction of sp³-hybridized carbons (Fsp3) is 0.160. The largest absolute Gasteiger partial charge is 0.322 e. The van der Waals surface area contributed by atoms with Crippen LogP contribution in [-0.4, -0.2) is 48.7 Å². The van der Waals surface area contributed by atoms with E-state index in [-0.39, 0.29) is 17.8 Å². The topological polar surface area (TPSA) is 95.5 Å². The quantitative estimate of drug-likeness (QED) is 0.464. The van der Waals surface area contributed by atoms with Gasteiger partial charge in [0, 0.05) is 49.2 Å². The second-order valence-electron chi connectivity index (χ2n) is 8.22. The van der Waals surface area contributed by atoms with Gasteiger partial charge in [0.05, 0.1) is 22.5 Å². The van der Waals surface area contributed by atoms with Crippen LogP contribution in [0.2, 0.25) is 0 Å². The zero-order chi connectivity index (χ0) is 24.6. The summed E-state index contributed by atoms with van der Waals surface area (Å²) in [6, 6.07) is 16.6. The number of nitrogens with one attached hydrogen (secondary N) is 1. The van der Waals surface area contributed by atoms with Crippen molar-refractivity contribution in [3.63, 3.8) is 0 Å². The van der Waals surface area contributed by atoms with E-state index in [2.05, 4.69) is 15.3 Å². The Morgan fingerprint density at radius 1 is 1.06 bits per heavy atom. The van der Waals surface area contributed by atoms with Crippen LogP contribution >= 0.6 is 0 Å². The van der Waals surface area contributed by atoms with E-state index in [1.165, 1.54) is 23.5 Å². The molecule has 0 atom stereocenters. The Morgan fingerprint density at radius 3 is 2.74 bits per heavy atom. The maximum Gasteiger partial charge on any atom is 0.303 e. The summed E-state index contributed by atoms with van der Waals surface area (Å²) in [7, 11) is -2.22. The Hall–Kier alpha value is -3.89. The molecule has 0 spiro atoms. The molecule has 2 aromatic carbocycles. The zero-order valence-corrected chi connectivity index (χ0v) is 19.7. The van der Waals surface area contributed by atoms with Gasteiger partial charge in [-0.05, 0) is 55.0 Å². The number of aromatic nitrogens is 2. The molecule has 2 aromatic heterocycles. The van der Waals surface area contributed by atoms with E-state index in [1.807, 2.05) is 24.3 Å². The Morgan fingerprint density at radius 2 is 1.91 bits per heavy atom. The summed E-state index contributed by atoms with van der Waals surface area (Å²) in [6.45, 7) is 0.663. The molecule has 0 bridgehead atoms. The van der Waals surface area contributed by atoms with Crippen LogP contribution < -0.4 is 9.62 Å². The van der Waals surface area contributed by atoms with E-state index < -0.39 is 21.9 Å². The molecular weight excluding hydrogens is 469 g/mol. The van der Waals surface area contributed by atoms with Gasteiger partial charge in [-0.25, -0.2) is 9.37 Å². The second kappa shape index (κ2) is 9.05. The van der Waals surface area contributed by atoms with Gasteiger partial charge >= 0.3 is 10.2 Å². The predicted molar refractivity (Wildman–Crippen MR) is 133 cm³/mol. The fourth-order valence-corrected chi connectivity index (χ4v) is 5.46. The highest BCUT2D eigenvalue weighted by molar-refractivity contribution is 7.90. The van der Waals surface area contributed by atoms with Gasteiger partial charge < -0.3 is 5.32 Å². The first-order chi connectivity index (χ1) is 16.8. The number of carbonyl (C=O) groups excluding carboxylic acids is 1. The number of hydrogen-bond acceptors (Lipinski definition) is 5. The van der Waals surface area contributed by atoms with Crippen LogP contribution in [0.5, 0.6) is 0 Å². The Bertz CT molecular complexity index is 1540. The predicted octanol–water partition coefficient (Wildman–Crippen LogP) is 4.07. The van der Waals surface area contributed by atoms with Crippen LogP contribution in [0, 0.1) is 5.82 Å². The molecule has 10 heteroatoms. The van der Waals surface area contributed by atoms with Crippen LogP contribution in [0.1, 0.15) is 16.8 Å². The van der Waals surface area contributed by atoms with Crippen molar-refractivity contribution in [2.75, 3.05) is 29.8 Å². The van der Waals surface area contributed by atoms with Crippen molar-refractivity contribution in [3.8, 4) is 11.3 Å². The molecule has 0 saturated carbocycles. The van der Waals surface area contributed by atoms with Crippen molar-refractivity contribution in [3.05, 3.63) is 84.4 Å². The minimum absolute atomic E-state index is 0.182. The lowest BCUT2D eigenvalue weighted by Crippen LogP contribution is -2.48. The summed E-state index contributed by atoms with van der Waals surface area (Å²) in [4.78, 5) is 21.5. The average Bonchev–Trinajstić information content (AvgIpc) is 2.85. The lowest BCUT2D eigenvalue weighted by Gasteiger charge is -2.33. The van der Waals surface area contributed by atoms with Gasteiger partial charge in [0.1, 0.15) is 5.82 Å². The van der Waals surface area contributed by atoms with Crippen LogP contribution in [-0.2, 0) is 10.2 Å². The molecule has 1 amide bonds. The van der Waals surface area contributed by atoms with Crippen molar-refractivity contribution in [1.29, 1.82) is 0 Å². The van der Waals surface area contributed by atoms with E-state index in [0.29, 0.717) is 18.7 Å². The third-order valence-electron chi connectivity index (χ3n) is 5.90. The summed E-state index contributed by atoms with van der Waals surface area (Å²) in [5.74, 6) is -1.44. The molecule has 1 aliphatic rings. The monoisotopic (exact) mass is 491 g/mol. The lowest BCUT2D eigenvalue weighted by molar-refractivity contribution is 0.102. The molecule has 1 aliphatic heterocycles. The molecule has 0 unspecified atom stereocenters. The second-order valence-corrected chi connectivity index (χ2v) is 10.2. The molecule has 178 valence electrons. The number of amides is 1. The number of halogens is 1. The first kappa shape index (κ1) is 22.9. The highest BCUT2D eigenvalue weighted by Crippen LogP contribution is 2.27. The van der Waals surface area contributed by atoms with Gasteiger partial charge in [0.2, 0.25) is 0 Å². The van der Waals surface area contributed by atoms with Gasteiger partial charge in [0.15, 0.2) is 0 Å². The van der Waals surface area contributed by atoms with Crippen LogP contribution in [0.25, 0.3) is 22.2 Å². The van der Waals surface area contributed by atoms with Gasteiger partial charge in [-0.3, -0.25) is 14.1 Å². The number of benzene rings is 2. The van der Waals surface area contributed by atoms with Gasteiger partial charge in [-0.1, -0.05) is 12.1 Å². The normalized spacial score (nSPS) is 15.8. The minimum Gasteiger partial charge on any atom is -0.322 e. The summed E-state index contributed by atoms with van der Waals surface area (Å²) >= 11 is 0. The highest BCUT2D eigenvalue weighted by atomic mass is 32.2. The Balaban J connectivity index is 1.37. The Kier molecular flexibility index (Phi) is 5.91. The highest BCUT2D eigenvalue weighted by Gasteiger charge is 2.31. The van der Waals surface area contributed by atoms with Crippen LogP contribution in [0.15, 0.2) is 73.1 Å². The first-order valence-electron chi connectivity index (χ1n) is 11.0. The average molecular weight is 492 g/mol. The number of nitrogens with zero attached hydrogens (tertiary/aromatic N) is 4. The summed E-state index contributed by atoms with van der Waals surface area (Å²) in [5, 5.41) is 3.63. The molecule has 8 nitrogen and oxygen atoms in total. The molecule has 0 aliphatic carbocycles. The third-order valence-corrected chi connectivity index (χ3v) is 7.82. The number of pyridine rings is 2. The smallest absolute Gasteiger partial charge is 0.303 e. The van der Waals surface area contributed by atoms with Crippen molar-refractivity contribution in [2.45, 2.75) is 6.42 Å². The van der Waals surface area contributed by atoms with Gasteiger partial charge in [-0.2, -0.15) is 12.7 Å². The molecular formula is C25H22FN5O3S. The number of anilines is 2. The van der Waals surface area contributed by atoms with Crippen molar-refractivity contribution >= 4 is 38.4 Å². The number of rotatable bonds is 4. The molecule has 5 rings (SSSR count). The molecule has 4 aromatic rings. The van der Waals surface area contributed by atoms with E-state index in [9.17, 15) is 17.6 Å². The molecule has 1 N–H and O–H groups in total.